The van der Waals surface area contributed by atoms with Crippen LogP contribution in [0.1, 0.15) is 37.7 Å². The number of aromatic nitrogens is 1. The third-order valence-corrected chi connectivity index (χ3v) is 6.25. The van der Waals surface area contributed by atoms with Crippen molar-refractivity contribution in [1.29, 1.82) is 0 Å². The van der Waals surface area contributed by atoms with Gasteiger partial charge in [-0.05, 0) is 48.6 Å². The minimum Gasteiger partial charge on any atom is -0.467 e. The number of hydrogen-bond donors (Lipinski definition) is 2. The maximum atomic E-state index is 12.6. The molecule has 4 rings (SSSR count). The number of carbonyl (C=O) groups is 2. The van der Waals surface area contributed by atoms with Gasteiger partial charge in [-0.15, -0.1) is 0 Å². The molecule has 5 heteroatoms. The van der Waals surface area contributed by atoms with Gasteiger partial charge in [0.1, 0.15) is 6.04 Å². The lowest BCUT2D eigenvalue weighted by atomic mass is 9.86. The Labute approximate surface area is 153 Å². The van der Waals surface area contributed by atoms with Crippen LogP contribution in [0.15, 0.2) is 30.5 Å². The van der Waals surface area contributed by atoms with Crippen molar-refractivity contribution in [3.05, 3.63) is 36.0 Å². The highest BCUT2D eigenvalue weighted by atomic mass is 16.5. The average molecular weight is 354 g/mol. The van der Waals surface area contributed by atoms with Crippen molar-refractivity contribution >= 4 is 22.8 Å². The molecule has 4 atom stereocenters. The fourth-order valence-corrected chi connectivity index (χ4v) is 4.97. The fraction of sp³-hybridized carbons (Fsp3) is 0.524. The normalized spacial score (nSPS) is 25.3. The largest absolute Gasteiger partial charge is 0.467 e. The molecule has 2 aromatic rings. The van der Waals surface area contributed by atoms with Crippen LogP contribution >= 0.6 is 0 Å². The number of benzene rings is 1. The zero-order valence-corrected chi connectivity index (χ0v) is 15.2. The Morgan fingerprint density at radius 1 is 1.27 bits per heavy atom. The second-order valence-electron chi connectivity index (χ2n) is 7.85. The van der Waals surface area contributed by atoms with Crippen molar-refractivity contribution in [2.24, 2.45) is 17.8 Å². The summed E-state index contributed by atoms with van der Waals surface area (Å²) in [4.78, 5) is 28.0. The van der Waals surface area contributed by atoms with E-state index in [1.165, 1.54) is 32.8 Å². The number of fused-ring (bicyclic) bond motifs is 3. The molecule has 138 valence electrons. The molecule has 26 heavy (non-hydrogen) atoms. The SMILES string of the molecule is COC(=O)C(Cc1c[nH]c2ccccc12)NC(=O)CC1CC2CCC1C2. The number of para-hydroxylation sites is 1. The molecule has 0 aliphatic heterocycles. The number of H-pyrrole nitrogens is 1. The molecule has 2 saturated carbocycles. The highest BCUT2D eigenvalue weighted by molar-refractivity contribution is 5.87. The van der Waals surface area contributed by atoms with Crippen LogP contribution in [0.4, 0.5) is 0 Å². The number of amides is 1. The van der Waals surface area contributed by atoms with E-state index >= 15 is 0 Å². The predicted molar refractivity (Wildman–Crippen MR) is 99.5 cm³/mol. The van der Waals surface area contributed by atoms with Gasteiger partial charge in [0.25, 0.3) is 0 Å². The van der Waals surface area contributed by atoms with E-state index in [0.717, 1.165) is 22.4 Å². The quantitative estimate of drug-likeness (QED) is 0.783. The number of hydrogen-bond acceptors (Lipinski definition) is 3. The molecule has 1 heterocycles. The van der Waals surface area contributed by atoms with Gasteiger partial charge in [-0.1, -0.05) is 24.6 Å². The zero-order valence-electron chi connectivity index (χ0n) is 15.2. The molecule has 5 nitrogen and oxygen atoms in total. The van der Waals surface area contributed by atoms with Gasteiger partial charge in [0.2, 0.25) is 5.91 Å². The Hall–Kier alpha value is -2.30. The minimum atomic E-state index is -0.648. The maximum absolute atomic E-state index is 12.6. The molecule has 1 aromatic heterocycles. The molecule has 0 spiro atoms. The number of rotatable bonds is 6. The lowest BCUT2D eigenvalue weighted by molar-refractivity contribution is -0.145. The highest BCUT2D eigenvalue weighted by Crippen LogP contribution is 2.49. The number of esters is 1. The summed E-state index contributed by atoms with van der Waals surface area (Å²) >= 11 is 0. The van der Waals surface area contributed by atoms with Crippen LogP contribution in [0.5, 0.6) is 0 Å². The van der Waals surface area contributed by atoms with E-state index < -0.39 is 12.0 Å². The van der Waals surface area contributed by atoms with Gasteiger partial charge >= 0.3 is 5.97 Å². The molecule has 1 amide bonds. The minimum absolute atomic E-state index is 0.0298. The van der Waals surface area contributed by atoms with Crippen LogP contribution in [-0.4, -0.2) is 30.0 Å². The molecular weight excluding hydrogens is 328 g/mol. The van der Waals surface area contributed by atoms with Gasteiger partial charge in [0.15, 0.2) is 0 Å². The Morgan fingerprint density at radius 2 is 2.12 bits per heavy atom. The lowest BCUT2D eigenvalue weighted by Crippen LogP contribution is -2.43. The van der Waals surface area contributed by atoms with Gasteiger partial charge in [0, 0.05) is 29.9 Å². The van der Waals surface area contributed by atoms with E-state index in [0.29, 0.717) is 24.7 Å². The number of carbonyl (C=O) groups excluding carboxylic acids is 2. The summed E-state index contributed by atoms with van der Waals surface area (Å²) in [5.74, 6) is 1.59. The van der Waals surface area contributed by atoms with E-state index in [1.807, 2.05) is 30.5 Å². The van der Waals surface area contributed by atoms with Crippen LogP contribution in [0.25, 0.3) is 10.9 Å². The molecule has 0 saturated heterocycles. The smallest absolute Gasteiger partial charge is 0.328 e. The van der Waals surface area contributed by atoms with Crippen LogP contribution in [0.2, 0.25) is 0 Å². The first-order valence-electron chi connectivity index (χ1n) is 9.56. The summed E-state index contributed by atoms with van der Waals surface area (Å²) in [5, 5.41) is 4.00. The number of aromatic amines is 1. The summed E-state index contributed by atoms with van der Waals surface area (Å²) < 4.78 is 4.93. The molecule has 2 fully saturated rings. The third-order valence-electron chi connectivity index (χ3n) is 6.25. The van der Waals surface area contributed by atoms with Gasteiger partial charge < -0.3 is 15.0 Å². The van der Waals surface area contributed by atoms with Gasteiger partial charge in [-0.2, -0.15) is 0 Å². The summed E-state index contributed by atoms with van der Waals surface area (Å²) in [6.45, 7) is 0. The summed E-state index contributed by atoms with van der Waals surface area (Å²) in [6, 6.07) is 7.31. The molecule has 2 aliphatic rings. The number of nitrogens with one attached hydrogen (secondary N) is 2. The van der Waals surface area contributed by atoms with E-state index in [1.54, 1.807) is 0 Å². The van der Waals surface area contributed by atoms with Crippen LogP contribution in [0, 0.1) is 17.8 Å². The lowest BCUT2D eigenvalue weighted by Gasteiger charge is -2.22. The summed E-state index contributed by atoms with van der Waals surface area (Å²) in [7, 11) is 1.37. The monoisotopic (exact) mass is 354 g/mol. The van der Waals surface area contributed by atoms with Crippen LogP contribution in [0.3, 0.4) is 0 Å². The number of methoxy groups -OCH3 is 1. The Morgan fingerprint density at radius 3 is 2.85 bits per heavy atom. The first-order valence-corrected chi connectivity index (χ1v) is 9.56. The Balaban J connectivity index is 1.43. The highest BCUT2D eigenvalue weighted by Gasteiger charge is 2.40. The second-order valence-corrected chi connectivity index (χ2v) is 7.85. The topological polar surface area (TPSA) is 71.2 Å². The Kier molecular flexibility index (Phi) is 4.70. The molecule has 2 bridgehead atoms. The van der Waals surface area contributed by atoms with E-state index in [-0.39, 0.29) is 5.91 Å². The van der Waals surface area contributed by atoms with Crippen molar-refractivity contribution in [2.45, 2.75) is 44.6 Å². The molecule has 2 aliphatic carbocycles. The van der Waals surface area contributed by atoms with Gasteiger partial charge in [-0.3, -0.25) is 4.79 Å². The van der Waals surface area contributed by atoms with Gasteiger partial charge in [0.05, 0.1) is 7.11 Å². The standard InChI is InChI=1S/C21H26N2O3/c1-26-21(25)19(10-16-12-22-18-5-3-2-4-17(16)18)23-20(24)11-15-9-13-6-7-14(15)8-13/h2-5,12-15,19,22H,6-11H2,1H3,(H,23,24). The van der Waals surface area contributed by atoms with E-state index in [2.05, 4.69) is 10.3 Å². The predicted octanol–water partition coefficient (Wildman–Crippen LogP) is 3.19. The molecule has 0 radical (unpaired) electrons. The van der Waals surface area contributed by atoms with Crippen molar-refractivity contribution in [2.75, 3.05) is 7.11 Å². The van der Waals surface area contributed by atoms with Gasteiger partial charge in [-0.25, -0.2) is 4.79 Å². The van der Waals surface area contributed by atoms with Crippen molar-refractivity contribution < 1.29 is 14.3 Å². The molecular formula is C21H26N2O3. The maximum Gasteiger partial charge on any atom is 0.328 e. The Bertz CT molecular complexity index is 812. The second kappa shape index (κ2) is 7.14. The summed E-state index contributed by atoms with van der Waals surface area (Å²) in [6.07, 6.45) is 7.91. The van der Waals surface area contributed by atoms with Crippen molar-refractivity contribution in [3.8, 4) is 0 Å². The molecule has 2 N–H and O–H groups in total. The fourth-order valence-electron chi connectivity index (χ4n) is 4.97. The van der Waals surface area contributed by atoms with Crippen molar-refractivity contribution in [1.82, 2.24) is 10.3 Å². The zero-order chi connectivity index (χ0) is 18.1. The third kappa shape index (κ3) is 3.35. The molecule has 4 unspecified atom stereocenters. The van der Waals surface area contributed by atoms with Crippen LogP contribution in [-0.2, 0) is 20.7 Å². The first-order chi connectivity index (χ1) is 12.6. The molecule has 1 aromatic carbocycles. The van der Waals surface area contributed by atoms with Crippen LogP contribution < -0.4 is 5.32 Å². The first kappa shape index (κ1) is 17.1. The van der Waals surface area contributed by atoms with Crippen molar-refractivity contribution in [3.63, 3.8) is 0 Å². The van der Waals surface area contributed by atoms with E-state index in [9.17, 15) is 9.59 Å². The number of ether oxygens (including phenoxy) is 1. The summed E-state index contributed by atoms with van der Waals surface area (Å²) in [5.41, 5.74) is 2.04. The van der Waals surface area contributed by atoms with E-state index in [4.69, 9.17) is 4.74 Å². The average Bonchev–Trinajstić information content (AvgIpc) is 3.36.